The number of methoxy groups -OCH3 is 1. The molecule has 0 saturated carbocycles. The van der Waals surface area contributed by atoms with Gasteiger partial charge in [0.1, 0.15) is 11.6 Å². The first kappa shape index (κ1) is 14.9. The second-order valence-electron chi connectivity index (χ2n) is 4.31. The largest absolute Gasteiger partial charge is 0.381 e. The van der Waals surface area contributed by atoms with Crippen LogP contribution in [0.2, 0.25) is 0 Å². The topological polar surface area (TPSA) is 21.3 Å². The zero-order valence-electron chi connectivity index (χ0n) is 10.9. The second kappa shape index (κ2) is 6.81. The predicted octanol–water partition coefficient (Wildman–Crippen LogP) is 4.49. The standard InChI is InChI=1S/C15H14BrF2NO/c1-20-9-10-3-2-4-11(7-10)19-8-12-14(17)6-5-13(16)15(12)18/h2-7,19H,8-9H2,1H3. The van der Waals surface area contributed by atoms with E-state index < -0.39 is 11.6 Å². The minimum Gasteiger partial charge on any atom is -0.381 e. The van der Waals surface area contributed by atoms with Gasteiger partial charge in [-0.25, -0.2) is 8.78 Å². The van der Waals surface area contributed by atoms with Gasteiger partial charge in [0.15, 0.2) is 0 Å². The molecule has 5 heteroatoms. The molecule has 0 fully saturated rings. The van der Waals surface area contributed by atoms with Crippen LogP contribution < -0.4 is 5.32 Å². The SMILES string of the molecule is COCc1cccc(NCc2c(F)ccc(Br)c2F)c1. The Balaban J connectivity index is 2.13. The monoisotopic (exact) mass is 341 g/mol. The molecule has 1 N–H and O–H groups in total. The Morgan fingerprint density at radius 2 is 2.00 bits per heavy atom. The molecular formula is C15H14BrF2NO. The van der Waals surface area contributed by atoms with Gasteiger partial charge in [-0.15, -0.1) is 0 Å². The summed E-state index contributed by atoms with van der Waals surface area (Å²) in [4.78, 5) is 0. The van der Waals surface area contributed by atoms with E-state index in [-0.39, 0.29) is 16.6 Å². The van der Waals surface area contributed by atoms with Crippen molar-refractivity contribution in [2.45, 2.75) is 13.2 Å². The van der Waals surface area contributed by atoms with Crippen LogP contribution in [-0.2, 0) is 17.9 Å². The van der Waals surface area contributed by atoms with Gasteiger partial charge < -0.3 is 10.1 Å². The normalized spacial score (nSPS) is 10.6. The fourth-order valence-electron chi connectivity index (χ4n) is 1.86. The number of ether oxygens (including phenoxy) is 1. The zero-order chi connectivity index (χ0) is 14.5. The van der Waals surface area contributed by atoms with E-state index in [4.69, 9.17) is 4.74 Å². The lowest BCUT2D eigenvalue weighted by atomic mass is 10.1. The number of hydrogen-bond acceptors (Lipinski definition) is 2. The van der Waals surface area contributed by atoms with Crippen LogP contribution in [0.3, 0.4) is 0 Å². The van der Waals surface area contributed by atoms with E-state index in [9.17, 15) is 8.78 Å². The number of halogens is 3. The highest BCUT2D eigenvalue weighted by Gasteiger charge is 2.11. The van der Waals surface area contributed by atoms with Crippen LogP contribution in [0.25, 0.3) is 0 Å². The predicted molar refractivity (Wildman–Crippen MR) is 78.5 cm³/mol. The van der Waals surface area contributed by atoms with Gasteiger partial charge in [-0.05, 0) is 45.8 Å². The van der Waals surface area contributed by atoms with Gasteiger partial charge in [-0.3, -0.25) is 0 Å². The smallest absolute Gasteiger partial charge is 0.145 e. The van der Waals surface area contributed by atoms with Crippen molar-refractivity contribution in [1.82, 2.24) is 0 Å². The first-order chi connectivity index (χ1) is 9.61. The van der Waals surface area contributed by atoms with Crippen LogP contribution in [0.15, 0.2) is 40.9 Å². The number of nitrogens with one attached hydrogen (secondary N) is 1. The van der Waals surface area contributed by atoms with Crippen molar-refractivity contribution in [3.05, 3.63) is 63.6 Å². The van der Waals surface area contributed by atoms with Crippen molar-refractivity contribution in [3.63, 3.8) is 0 Å². The van der Waals surface area contributed by atoms with Crippen molar-refractivity contribution in [2.75, 3.05) is 12.4 Å². The molecule has 2 nitrogen and oxygen atoms in total. The van der Waals surface area contributed by atoms with Crippen LogP contribution in [0.4, 0.5) is 14.5 Å². The summed E-state index contributed by atoms with van der Waals surface area (Å²) in [6.07, 6.45) is 0. The summed E-state index contributed by atoms with van der Waals surface area (Å²) in [5.74, 6) is -1.14. The van der Waals surface area contributed by atoms with Crippen molar-refractivity contribution in [2.24, 2.45) is 0 Å². The minimum absolute atomic E-state index is 0.0107. The average molecular weight is 342 g/mol. The van der Waals surface area contributed by atoms with Crippen molar-refractivity contribution in [1.29, 1.82) is 0 Å². The maximum atomic E-state index is 13.8. The van der Waals surface area contributed by atoms with Crippen molar-refractivity contribution in [3.8, 4) is 0 Å². The van der Waals surface area contributed by atoms with Gasteiger partial charge in [0.2, 0.25) is 0 Å². The summed E-state index contributed by atoms with van der Waals surface area (Å²) in [6, 6.07) is 10.1. The quantitative estimate of drug-likeness (QED) is 0.809. The van der Waals surface area contributed by atoms with Crippen LogP contribution in [0.5, 0.6) is 0 Å². The fraction of sp³-hybridized carbons (Fsp3) is 0.200. The summed E-state index contributed by atoms with van der Waals surface area (Å²) in [5.41, 5.74) is 1.79. The lowest BCUT2D eigenvalue weighted by molar-refractivity contribution is 0.185. The highest BCUT2D eigenvalue weighted by atomic mass is 79.9. The van der Waals surface area contributed by atoms with E-state index in [2.05, 4.69) is 21.2 Å². The van der Waals surface area contributed by atoms with E-state index >= 15 is 0 Å². The van der Waals surface area contributed by atoms with Gasteiger partial charge in [0.05, 0.1) is 11.1 Å². The molecule has 0 aliphatic rings. The summed E-state index contributed by atoms with van der Waals surface area (Å²) in [7, 11) is 1.62. The summed E-state index contributed by atoms with van der Waals surface area (Å²) in [5, 5.41) is 3.01. The number of hydrogen-bond donors (Lipinski definition) is 1. The highest BCUT2D eigenvalue weighted by Crippen LogP contribution is 2.22. The van der Waals surface area contributed by atoms with E-state index in [0.717, 1.165) is 11.3 Å². The molecule has 0 unspecified atom stereocenters. The minimum atomic E-state index is -0.578. The number of benzene rings is 2. The zero-order valence-corrected chi connectivity index (χ0v) is 12.5. The molecule has 2 rings (SSSR count). The van der Waals surface area contributed by atoms with Gasteiger partial charge in [0.25, 0.3) is 0 Å². The lowest BCUT2D eigenvalue weighted by Crippen LogP contribution is -2.05. The second-order valence-corrected chi connectivity index (χ2v) is 5.16. The van der Waals surface area contributed by atoms with E-state index in [0.29, 0.717) is 6.61 Å². The molecule has 0 spiro atoms. The van der Waals surface area contributed by atoms with Crippen molar-refractivity contribution < 1.29 is 13.5 Å². The maximum absolute atomic E-state index is 13.8. The lowest BCUT2D eigenvalue weighted by Gasteiger charge is -2.10. The molecule has 0 aliphatic heterocycles. The molecule has 0 atom stereocenters. The molecule has 0 amide bonds. The van der Waals surface area contributed by atoms with Crippen LogP contribution in [-0.4, -0.2) is 7.11 Å². The Morgan fingerprint density at radius 1 is 1.20 bits per heavy atom. The van der Waals surface area contributed by atoms with Gasteiger partial charge >= 0.3 is 0 Å². The van der Waals surface area contributed by atoms with Gasteiger partial charge in [-0.1, -0.05) is 12.1 Å². The molecule has 20 heavy (non-hydrogen) atoms. The molecule has 0 aliphatic carbocycles. The van der Waals surface area contributed by atoms with Crippen LogP contribution in [0, 0.1) is 11.6 Å². The molecule has 106 valence electrons. The molecule has 0 radical (unpaired) electrons. The summed E-state index contributed by atoms with van der Waals surface area (Å²) < 4.78 is 32.7. The molecular weight excluding hydrogens is 328 g/mol. The third kappa shape index (κ3) is 3.55. The summed E-state index contributed by atoms with van der Waals surface area (Å²) >= 11 is 3.05. The molecule has 2 aromatic carbocycles. The Bertz CT molecular complexity index is 604. The third-order valence-corrected chi connectivity index (χ3v) is 3.46. The Labute approximate surface area is 124 Å². The Kier molecular flexibility index (Phi) is 5.09. The Hall–Kier alpha value is -1.46. The molecule has 0 bridgehead atoms. The van der Waals surface area contributed by atoms with E-state index in [1.165, 1.54) is 12.1 Å². The maximum Gasteiger partial charge on any atom is 0.145 e. The molecule has 0 aromatic heterocycles. The van der Waals surface area contributed by atoms with Crippen molar-refractivity contribution >= 4 is 21.6 Å². The van der Waals surface area contributed by atoms with Gasteiger partial charge in [0, 0.05) is 24.9 Å². The third-order valence-electron chi connectivity index (χ3n) is 2.85. The van der Waals surface area contributed by atoms with Gasteiger partial charge in [-0.2, -0.15) is 0 Å². The summed E-state index contributed by atoms with van der Waals surface area (Å²) in [6.45, 7) is 0.572. The highest BCUT2D eigenvalue weighted by molar-refractivity contribution is 9.10. The molecule has 0 heterocycles. The average Bonchev–Trinajstić information content (AvgIpc) is 2.44. The van der Waals surface area contributed by atoms with E-state index in [1.807, 2.05) is 24.3 Å². The van der Waals surface area contributed by atoms with Crippen LogP contribution >= 0.6 is 15.9 Å². The fourth-order valence-corrected chi connectivity index (χ4v) is 2.23. The first-order valence-electron chi connectivity index (χ1n) is 6.06. The molecule has 0 saturated heterocycles. The van der Waals surface area contributed by atoms with Crippen LogP contribution in [0.1, 0.15) is 11.1 Å². The Morgan fingerprint density at radius 3 is 2.75 bits per heavy atom. The number of rotatable bonds is 5. The number of anilines is 1. The van der Waals surface area contributed by atoms with E-state index in [1.54, 1.807) is 7.11 Å². The molecule has 2 aromatic rings. The first-order valence-corrected chi connectivity index (χ1v) is 6.85.